The van der Waals surface area contributed by atoms with Crippen LogP contribution in [0, 0.1) is 5.92 Å². The number of nitrogens with one attached hydrogen (secondary N) is 1. The summed E-state index contributed by atoms with van der Waals surface area (Å²) in [6.07, 6.45) is 1.66. The average Bonchev–Trinajstić information content (AvgIpc) is 2.42. The summed E-state index contributed by atoms with van der Waals surface area (Å²) in [5.41, 5.74) is 1.36. The van der Waals surface area contributed by atoms with Crippen LogP contribution in [0.2, 0.25) is 0 Å². The van der Waals surface area contributed by atoms with Crippen LogP contribution >= 0.6 is 0 Å². The number of hydrogen-bond donors (Lipinski definition) is 1. The molecule has 106 valence electrons. The minimum Gasteiger partial charge on any atom is -0.387 e. The van der Waals surface area contributed by atoms with Gasteiger partial charge >= 0.3 is 0 Å². The number of carbonyl (C=O) groups excluding carboxylic acids is 1. The molecule has 19 heavy (non-hydrogen) atoms. The van der Waals surface area contributed by atoms with Gasteiger partial charge in [-0.05, 0) is 18.1 Å². The van der Waals surface area contributed by atoms with Crippen molar-refractivity contribution < 1.29 is 9.53 Å². The Kier molecular flexibility index (Phi) is 6.29. The Bertz CT molecular complexity index is 390. The first-order chi connectivity index (χ1) is 9.08. The zero-order valence-corrected chi connectivity index (χ0v) is 12.1. The first-order valence-electron chi connectivity index (χ1n) is 6.50. The molecule has 0 saturated carbocycles. The highest BCUT2D eigenvalue weighted by atomic mass is 16.5. The van der Waals surface area contributed by atoms with Gasteiger partial charge in [0.05, 0.1) is 18.5 Å². The molecule has 1 rings (SSSR count). The summed E-state index contributed by atoms with van der Waals surface area (Å²) in [4.78, 5) is 18.4. The largest absolute Gasteiger partial charge is 0.387 e. The lowest BCUT2D eigenvalue weighted by Crippen LogP contribution is -2.37. The maximum atomic E-state index is 12.4. The van der Waals surface area contributed by atoms with E-state index in [1.165, 1.54) is 0 Å². The molecular weight excluding hydrogens is 242 g/mol. The molecular formula is C14H23N3O2. The molecule has 1 N–H and O–H groups in total. The van der Waals surface area contributed by atoms with Crippen LogP contribution in [0.15, 0.2) is 18.3 Å². The molecule has 0 aliphatic carbocycles. The van der Waals surface area contributed by atoms with Crippen LogP contribution in [-0.2, 0) is 4.74 Å². The van der Waals surface area contributed by atoms with Crippen LogP contribution in [0.5, 0.6) is 0 Å². The maximum absolute atomic E-state index is 12.4. The molecule has 0 aromatic carbocycles. The molecule has 1 aromatic heterocycles. The van der Waals surface area contributed by atoms with Crippen molar-refractivity contribution in [2.45, 2.75) is 13.8 Å². The summed E-state index contributed by atoms with van der Waals surface area (Å²) < 4.78 is 5.05. The number of hydrogen-bond acceptors (Lipinski definition) is 4. The predicted octanol–water partition coefficient (Wildman–Crippen LogP) is 1.87. The molecule has 1 amide bonds. The first-order valence-corrected chi connectivity index (χ1v) is 6.50. The molecule has 5 nitrogen and oxygen atoms in total. The number of nitrogens with zero attached hydrogens (tertiary/aromatic N) is 2. The molecule has 0 aliphatic heterocycles. The number of amides is 1. The van der Waals surface area contributed by atoms with Crippen LogP contribution in [-0.4, -0.2) is 49.6 Å². The number of rotatable bonds is 7. The highest BCUT2D eigenvalue weighted by Gasteiger charge is 2.17. The second kappa shape index (κ2) is 7.74. The fourth-order valence-electron chi connectivity index (χ4n) is 1.75. The summed E-state index contributed by atoms with van der Waals surface area (Å²) in [5, 5.41) is 2.98. The lowest BCUT2D eigenvalue weighted by molar-refractivity contribution is 0.0666. The van der Waals surface area contributed by atoms with Gasteiger partial charge in [0.2, 0.25) is 0 Å². The molecule has 0 bridgehead atoms. The van der Waals surface area contributed by atoms with Crippen molar-refractivity contribution in [1.29, 1.82) is 0 Å². The van der Waals surface area contributed by atoms with Crippen LogP contribution < -0.4 is 5.32 Å². The minimum absolute atomic E-state index is 0.0478. The van der Waals surface area contributed by atoms with Crippen LogP contribution in [0.1, 0.15) is 24.3 Å². The highest BCUT2D eigenvalue weighted by Crippen LogP contribution is 2.09. The van der Waals surface area contributed by atoms with Crippen LogP contribution in [0.25, 0.3) is 0 Å². The van der Waals surface area contributed by atoms with Gasteiger partial charge in [-0.2, -0.15) is 0 Å². The molecule has 1 heterocycles. The average molecular weight is 265 g/mol. The van der Waals surface area contributed by atoms with Crippen molar-refractivity contribution in [2.24, 2.45) is 5.92 Å². The summed E-state index contributed by atoms with van der Waals surface area (Å²) in [5.74, 6) is 0.366. The Labute approximate surface area is 115 Å². The second-order valence-electron chi connectivity index (χ2n) is 4.82. The van der Waals surface area contributed by atoms with E-state index in [9.17, 15) is 4.79 Å². The Hall–Kier alpha value is -1.62. The number of anilines is 1. The van der Waals surface area contributed by atoms with Crippen molar-refractivity contribution in [1.82, 2.24) is 9.88 Å². The molecule has 0 radical (unpaired) electrons. The number of ether oxygens (including phenoxy) is 1. The Balaban J connectivity index is 2.78. The molecule has 0 atom stereocenters. The van der Waals surface area contributed by atoms with E-state index in [2.05, 4.69) is 24.1 Å². The third-order valence-corrected chi connectivity index (χ3v) is 2.71. The normalized spacial score (nSPS) is 10.6. The molecule has 5 heteroatoms. The highest BCUT2D eigenvalue weighted by molar-refractivity contribution is 5.92. The van der Waals surface area contributed by atoms with Gasteiger partial charge < -0.3 is 15.0 Å². The third kappa shape index (κ3) is 4.87. The van der Waals surface area contributed by atoms with Gasteiger partial charge in [-0.15, -0.1) is 0 Å². The van der Waals surface area contributed by atoms with Crippen LogP contribution in [0.4, 0.5) is 5.69 Å². The van der Waals surface area contributed by atoms with Crippen molar-refractivity contribution in [3.05, 3.63) is 24.0 Å². The topological polar surface area (TPSA) is 54.5 Å². The molecule has 0 saturated heterocycles. The summed E-state index contributed by atoms with van der Waals surface area (Å²) in [6.45, 7) is 6.00. The van der Waals surface area contributed by atoms with Gasteiger partial charge in [-0.25, -0.2) is 4.98 Å². The second-order valence-corrected chi connectivity index (χ2v) is 4.82. The van der Waals surface area contributed by atoms with Crippen molar-refractivity contribution >= 4 is 11.6 Å². The van der Waals surface area contributed by atoms with E-state index in [-0.39, 0.29) is 5.91 Å². The molecule has 0 fully saturated rings. The number of carbonyl (C=O) groups is 1. The molecule has 0 unspecified atom stereocenters. The van der Waals surface area contributed by atoms with Gasteiger partial charge in [-0.3, -0.25) is 4.79 Å². The van der Waals surface area contributed by atoms with E-state index in [0.29, 0.717) is 31.3 Å². The summed E-state index contributed by atoms with van der Waals surface area (Å²) in [6, 6.07) is 3.60. The predicted molar refractivity (Wildman–Crippen MR) is 76.4 cm³/mol. The maximum Gasteiger partial charge on any atom is 0.272 e. The van der Waals surface area contributed by atoms with Crippen molar-refractivity contribution in [3.63, 3.8) is 0 Å². The fourth-order valence-corrected chi connectivity index (χ4v) is 1.75. The molecule has 0 spiro atoms. The Morgan fingerprint density at radius 3 is 2.68 bits per heavy atom. The first kappa shape index (κ1) is 15.4. The lowest BCUT2D eigenvalue weighted by Gasteiger charge is -2.24. The SMILES string of the molecule is CNc1ccc(C(=O)N(CCOC)CC(C)C)nc1. The lowest BCUT2D eigenvalue weighted by atomic mass is 10.2. The van der Waals surface area contributed by atoms with Crippen molar-refractivity contribution in [3.8, 4) is 0 Å². The quantitative estimate of drug-likeness (QED) is 0.817. The van der Waals surface area contributed by atoms with E-state index in [4.69, 9.17) is 4.74 Å². The molecule has 1 aromatic rings. The zero-order chi connectivity index (χ0) is 14.3. The number of methoxy groups -OCH3 is 1. The fraction of sp³-hybridized carbons (Fsp3) is 0.571. The van der Waals surface area contributed by atoms with E-state index in [1.54, 1.807) is 24.3 Å². The van der Waals surface area contributed by atoms with Crippen molar-refractivity contribution in [2.75, 3.05) is 39.2 Å². The monoisotopic (exact) mass is 265 g/mol. The van der Waals surface area contributed by atoms with Gasteiger partial charge in [0.1, 0.15) is 5.69 Å². The zero-order valence-electron chi connectivity index (χ0n) is 12.1. The standard InChI is InChI=1S/C14H23N3O2/c1-11(2)10-17(7-8-19-4)14(18)13-6-5-12(15-3)9-16-13/h5-6,9,11,15H,7-8,10H2,1-4H3. The van der Waals surface area contributed by atoms with Gasteiger partial charge in [-0.1, -0.05) is 13.8 Å². The van der Waals surface area contributed by atoms with E-state index in [1.807, 2.05) is 13.1 Å². The van der Waals surface area contributed by atoms with E-state index in [0.717, 1.165) is 5.69 Å². The molecule has 0 aliphatic rings. The van der Waals surface area contributed by atoms with E-state index < -0.39 is 0 Å². The Morgan fingerprint density at radius 1 is 1.47 bits per heavy atom. The van der Waals surface area contributed by atoms with Crippen LogP contribution in [0.3, 0.4) is 0 Å². The van der Waals surface area contributed by atoms with Gasteiger partial charge in [0.25, 0.3) is 5.91 Å². The third-order valence-electron chi connectivity index (χ3n) is 2.71. The smallest absolute Gasteiger partial charge is 0.272 e. The minimum atomic E-state index is -0.0478. The van der Waals surface area contributed by atoms with Gasteiger partial charge in [0.15, 0.2) is 0 Å². The van der Waals surface area contributed by atoms with E-state index >= 15 is 0 Å². The summed E-state index contributed by atoms with van der Waals surface area (Å²) >= 11 is 0. The Morgan fingerprint density at radius 2 is 2.21 bits per heavy atom. The number of aromatic nitrogens is 1. The summed E-state index contributed by atoms with van der Waals surface area (Å²) in [7, 11) is 3.46. The number of pyridine rings is 1. The van der Waals surface area contributed by atoms with Gasteiger partial charge in [0, 0.05) is 27.2 Å².